The number of hydrogen-bond donors (Lipinski definition) is 2. The van der Waals surface area contributed by atoms with E-state index in [1.807, 2.05) is 18.2 Å². The van der Waals surface area contributed by atoms with Crippen LogP contribution in [0, 0.1) is 0 Å². The number of amides is 1. The van der Waals surface area contributed by atoms with Gasteiger partial charge in [-0.3, -0.25) is 4.79 Å². The Balaban J connectivity index is 1.67. The second kappa shape index (κ2) is 9.12. The van der Waals surface area contributed by atoms with Crippen LogP contribution < -0.4 is 15.5 Å². The topological polar surface area (TPSA) is 88.6 Å². The zero-order valence-corrected chi connectivity index (χ0v) is 14.8. The number of rotatable bonds is 7. The van der Waals surface area contributed by atoms with Crippen LogP contribution in [0.15, 0.2) is 36.7 Å². The molecule has 8 nitrogen and oxygen atoms in total. The van der Waals surface area contributed by atoms with Gasteiger partial charge in [0.1, 0.15) is 0 Å². The largest absolute Gasteiger partial charge is 0.383 e. The molecule has 0 bridgehead atoms. The predicted molar refractivity (Wildman–Crippen MR) is 99.0 cm³/mol. The van der Waals surface area contributed by atoms with Crippen molar-refractivity contribution in [2.24, 2.45) is 0 Å². The van der Waals surface area contributed by atoms with E-state index < -0.39 is 0 Å². The minimum atomic E-state index is -0.220. The molecule has 3 rings (SSSR count). The predicted octanol–water partition coefficient (Wildman–Crippen LogP) is 1.43. The molecule has 2 heterocycles. The highest BCUT2D eigenvalue weighted by Crippen LogP contribution is 2.28. The average Bonchev–Trinajstić information content (AvgIpc) is 2.70. The summed E-state index contributed by atoms with van der Waals surface area (Å²) in [6.07, 6.45) is 3.02. The first-order chi connectivity index (χ1) is 12.8. The van der Waals surface area contributed by atoms with E-state index in [1.54, 1.807) is 7.11 Å². The standard InChI is InChI=1S/C18H23N5O3/c1-25-9-6-19-17(24)14-12-20-18(21-13-14)22-15-4-2-3-5-16(15)23-7-10-26-11-8-23/h2-5,12-13H,6-11H2,1H3,(H,19,24)(H,20,21,22). The van der Waals surface area contributed by atoms with Gasteiger partial charge in [0, 0.05) is 39.1 Å². The van der Waals surface area contributed by atoms with E-state index in [9.17, 15) is 4.79 Å². The number of carbonyl (C=O) groups is 1. The fourth-order valence-electron chi connectivity index (χ4n) is 2.66. The Labute approximate surface area is 152 Å². The summed E-state index contributed by atoms with van der Waals surface area (Å²) in [6, 6.07) is 8.01. The van der Waals surface area contributed by atoms with Crippen LogP contribution in [0.5, 0.6) is 0 Å². The SMILES string of the molecule is COCCNC(=O)c1cnc(Nc2ccccc2N2CCOCC2)nc1. The lowest BCUT2D eigenvalue weighted by molar-refractivity contribution is 0.0936. The summed E-state index contributed by atoms with van der Waals surface area (Å²) in [5.41, 5.74) is 2.42. The fraction of sp³-hybridized carbons (Fsp3) is 0.389. The van der Waals surface area contributed by atoms with Crippen LogP contribution in [0.2, 0.25) is 0 Å². The lowest BCUT2D eigenvalue weighted by atomic mass is 10.2. The van der Waals surface area contributed by atoms with Gasteiger partial charge in [0.15, 0.2) is 0 Å². The number of benzene rings is 1. The van der Waals surface area contributed by atoms with Gasteiger partial charge in [0.25, 0.3) is 5.91 Å². The van der Waals surface area contributed by atoms with Crippen molar-refractivity contribution in [1.82, 2.24) is 15.3 Å². The zero-order valence-electron chi connectivity index (χ0n) is 14.8. The van der Waals surface area contributed by atoms with E-state index in [0.29, 0.717) is 24.7 Å². The van der Waals surface area contributed by atoms with Crippen LogP contribution in [0.3, 0.4) is 0 Å². The van der Waals surface area contributed by atoms with Gasteiger partial charge in [-0.15, -0.1) is 0 Å². The Morgan fingerprint density at radius 2 is 1.96 bits per heavy atom. The minimum absolute atomic E-state index is 0.220. The number of morpholine rings is 1. The number of hydrogen-bond acceptors (Lipinski definition) is 7. The first-order valence-electron chi connectivity index (χ1n) is 8.56. The van der Waals surface area contributed by atoms with Gasteiger partial charge < -0.3 is 25.0 Å². The smallest absolute Gasteiger partial charge is 0.254 e. The van der Waals surface area contributed by atoms with Crippen LogP contribution in [-0.4, -0.2) is 62.4 Å². The van der Waals surface area contributed by atoms with Crippen molar-refractivity contribution in [3.8, 4) is 0 Å². The Morgan fingerprint density at radius 3 is 2.69 bits per heavy atom. The number of anilines is 3. The number of ether oxygens (including phenoxy) is 2. The molecule has 0 atom stereocenters. The van der Waals surface area contributed by atoms with E-state index >= 15 is 0 Å². The third-order valence-electron chi connectivity index (χ3n) is 4.01. The molecule has 0 spiro atoms. The van der Waals surface area contributed by atoms with Crippen LogP contribution in [0.4, 0.5) is 17.3 Å². The third kappa shape index (κ3) is 4.68. The van der Waals surface area contributed by atoms with Crippen LogP contribution in [-0.2, 0) is 9.47 Å². The lowest BCUT2D eigenvalue weighted by Gasteiger charge is -2.30. The summed E-state index contributed by atoms with van der Waals surface area (Å²) < 4.78 is 10.3. The molecule has 138 valence electrons. The first kappa shape index (κ1) is 18.1. The molecule has 1 aliphatic rings. The van der Waals surface area contributed by atoms with E-state index in [-0.39, 0.29) is 5.91 Å². The summed E-state index contributed by atoms with van der Waals surface area (Å²) in [7, 11) is 1.59. The van der Waals surface area contributed by atoms with Gasteiger partial charge in [-0.2, -0.15) is 0 Å². The molecular formula is C18H23N5O3. The van der Waals surface area contributed by atoms with Crippen molar-refractivity contribution < 1.29 is 14.3 Å². The molecule has 2 N–H and O–H groups in total. The van der Waals surface area contributed by atoms with Crippen molar-refractivity contribution in [3.63, 3.8) is 0 Å². The van der Waals surface area contributed by atoms with Crippen molar-refractivity contribution in [1.29, 1.82) is 0 Å². The van der Waals surface area contributed by atoms with Crippen LogP contribution in [0.1, 0.15) is 10.4 Å². The Kier molecular flexibility index (Phi) is 6.34. The quantitative estimate of drug-likeness (QED) is 0.725. The highest BCUT2D eigenvalue weighted by molar-refractivity contribution is 5.93. The number of carbonyl (C=O) groups excluding carboxylic acids is 1. The molecule has 8 heteroatoms. The van der Waals surface area contributed by atoms with Gasteiger partial charge in [0.05, 0.1) is 36.8 Å². The average molecular weight is 357 g/mol. The molecule has 0 saturated carbocycles. The number of aromatic nitrogens is 2. The Hall–Kier alpha value is -2.71. The normalized spacial score (nSPS) is 14.1. The van der Waals surface area contributed by atoms with Gasteiger partial charge in [0.2, 0.25) is 5.95 Å². The first-order valence-corrected chi connectivity index (χ1v) is 8.56. The van der Waals surface area contributed by atoms with Crippen LogP contribution >= 0.6 is 0 Å². The summed E-state index contributed by atoms with van der Waals surface area (Å²) in [5, 5.41) is 5.97. The highest BCUT2D eigenvalue weighted by atomic mass is 16.5. The van der Waals surface area contributed by atoms with Gasteiger partial charge in [-0.25, -0.2) is 9.97 Å². The summed E-state index contributed by atoms with van der Waals surface area (Å²) in [4.78, 5) is 22.7. The molecule has 0 aliphatic carbocycles. The lowest BCUT2D eigenvalue weighted by Crippen LogP contribution is -2.36. The van der Waals surface area contributed by atoms with Crippen molar-refractivity contribution in [2.75, 3.05) is 56.8 Å². The Bertz CT molecular complexity index is 717. The molecule has 1 amide bonds. The maximum atomic E-state index is 12.0. The number of nitrogens with zero attached hydrogens (tertiary/aromatic N) is 3. The minimum Gasteiger partial charge on any atom is -0.383 e. The molecule has 1 aromatic carbocycles. The Morgan fingerprint density at radius 1 is 1.23 bits per heavy atom. The summed E-state index contributed by atoms with van der Waals surface area (Å²) in [6.45, 7) is 4.04. The number of methoxy groups -OCH3 is 1. The molecule has 0 unspecified atom stereocenters. The van der Waals surface area contributed by atoms with E-state index in [2.05, 4.69) is 31.6 Å². The third-order valence-corrected chi connectivity index (χ3v) is 4.01. The molecule has 0 radical (unpaired) electrons. The highest BCUT2D eigenvalue weighted by Gasteiger charge is 2.15. The molecule has 2 aromatic rings. The van der Waals surface area contributed by atoms with E-state index in [1.165, 1.54) is 12.4 Å². The zero-order chi connectivity index (χ0) is 18.2. The summed E-state index contributed by atoms with van der Waals surface area (Å²) >= 11 is 0. The van der Waals surface area contributed by atoms with Crippen molar-refractivity contribution >= 4 is 23.2 Å². The molecule has 26 heavy (non-hydrogen) atoms. The van der Waals surface area contributed by atoms with Crippen LogP contribution in [0.25, 0.3) is 0 Å². The van der Waals surface area contributed by atoms with Gasteiger partial charge >= 0.3 is 0 Å². The van der Waals surface area contributed by atoms with Crippen molar-refractivity contribution in [3.05, 3.63) is 42.2 Å². The molecule has 1 aromatic heterocycles. The number of nitrogens with one attached hydrogen (secondary N) is 2. The monoisotopic (exact) mass is 357 g/mol. The van der Waals surface area contributed by atoms with Gasteiger partial charge in [-0.05, 0) is 12.1 Å². The maximum absolute atomic E-state index is 12.0. The second-order valence-corrected chi connectivity index (χ2v) is 5.79. The maximum Gasteiger partial charge on any atom is 0.254 e. The van der Waals surface area contributed by atoms with Gasteiger partial charge in [-0.1, -0.05) is 12.1 Å². The summed E-state index contributed by atoms with van der Waals surface area (Å²) in [5.74, 6) is 0.224. The molecule has 1 fully saturated rings. The number of para-hydroxylation sites is 2. The van der Waals surface area contributed by atoms with E-state index in [4.69, 9.17) is 9.47 Å². The molecule has 1 saturated heterocycles. The second-order valence-electron chi connectivity index (χ2n) is 5.79. The fourth-order valence-corrected chi connectivity index (χ4v) is 2.66. The van der Waals surface area contributed by atoms with E-state index in [0.717, 1.165) is 37.7 Å². The molecule has 1 aliphatic heterocycles. The molecular weight excluding hydrogens is 334 g/mol. The van der Waals surface area contributed by atoms with Crippen molar-refractivity contribution in [2.45, 2.75) is 0 Å².